The van der Waals surface area contributed by atoms with Gasteiger partial charge in [0.1, 0.15) is 5.69 Å². The molecule has 1 fully saturated rings. The number of nitrogens with zero attached hydrogens (tertiary/aromatic N) is 3. The van der Waals surface area contributed by atoms with Crippen LogP contribution in [0.1, 0.15) is 12.5 Å². The lowest BCUT2D eigenvalue weighted by atomic mass is 10.1. The fourth-order valence-electron chi connectivity index (χ4n) is 2.53. The molecule has 0 bridgehead atoms. The van der Waals surface area contributed by atoms with Crippen LogP contribution in [0.2, 0.25) is 0 Å². The van der Waals surface area contributed by atoms with Crippen LogP contribution in [0.25, 0.3) is 0 Å². The van der Waals surface area contributed by atoms with Crippen molar-refractivity contribution in [2.45, 2.75) is 13.1 Å². The molecule has 0 aromatic heterocycles. The van der Waals surface area contributed by atoms with Gasteiger partial charge < -0.3 is 15.1 Å². The summed E-state index contributed by atoms with van der Waals surface area (Å²) < 4.78 is 38.3. The van der Waals surface area contributed by atoms with Gasteiger partial charge >= 0.3 is 6.18 Å². The molecule has 1 heterocycles. The molecule has 0 radical (unpaired) electrons. The highest BCUT2D eigenvalue weighted by atomic mass is 32.1. The van der Waals surface area contributed by atoms with Crippen LogP contribution >= 0.6 is 12.2 Å². The van der Waals surface area contributed by atoms with Crippen molar-refractivity contribution in [3.05, 3.63) is 33.9 Å². The number of alkyl halides is 3. The highest BCUT2D eigenvalue weighted by Crippen LogP contribution is 2.36. The van der Waals surface area contributed by atoms with Gasteiger partial charge in [-0.25, -0.2) is 0 Å². The average molecular weight is 362 g/mol. The summed E-state index contributed by atoms with van der Waals surface area (Å²) in [5.41, 5.74) is -1.36. The van der Waals surface area contributed by atoms with E-state index >= 15 is 0 Å². The molecule has 6 nitrogen and oxygen atoms in total. The highest BCUT2D eigenvalue weighted by Gasteiger charge is 2.34. The topological polar surface area (TPSA) is 61.6 Å². The number of hydrogen-bond acceptors (Lipinski definition) is 4. The van der Waals surface area contributed by atoms with Crippen LogP contribution in [0.5, 0.6) is 0 Å². The largest absolute Gasteiger partial charge is 0.416 e. The van der Waals surface area contributed by atoms with Gasteiger partial charge in [-0.05, 0) is 31.3 Å². The molecular formula is C14H17F3N4O2S. The molecular weight excluding hydrogens is 345 g/mol. The molecule has 1 saturated heterocycles. The highest BCUT2D eigenvalue weighted by molar-refractivity contribution is 7.80. The number of anilines is 1. The number of halogens is 3. The molecule has 1 aliphatic heterocycles. The standard InChI is InChI=1S/C14H17F3N4O2S/c1-2-18-13(24)20-7-5-19(6-8-20)11-4-3-10(14(15,16)17)9-12(11)21(22)23/h3-4,9H,2,5-8H2,1H3,(H,18,24). The number of hydrogen-bond donors (Lipinski definition) is 1. The molecule has 0 amide bonds. The molecule has 24 heavy (non-hydrogen) atoms. The van der Waals surface area contributed by atoms with E-state index in [4.69, 9.17) is 12.2 Å². The van der Waals surface area contributed by atoms with Crippen molar-refractivity contribution in [2.24, 2.45) is 0 Å². The minimum atomic E-state index is -4.61. The minimum Gasteiger partial charge on any atom is -0.363 e. The number of rotatable bonds is 3. The van der Waals surface area contributed by atoms with Gasteiger partial charge in [0.15, 0.2) is 5.11 Å². The first-order chi connectivity index (χ1) is 11.2. The molecule has 1 aromatic rings. The number of nitro groups is 1. The van der Waals surface area contributed by atoms with Gasteiger partial charge in [-0.3, -0.25) is 10.1 Å². The molecule has 2 rings (SSSR count). The van der Waals surface area contributed by atoms with Gasteiger partial charge in [-0.1, -0.05) is 0 Å². The number of nitro benzene ring substituents is 1. The van der Waals surface area contributed by atoms with Gasteiger partial charge in [0.2, 0.25) is 0 Å². The quantitative estimate of drug-likeness (QED) is 0.507. The summed E-state index contributed by atoms with van der Waals surface area (Å²) in [5.74, 6) is 0. The van der Waals surface area contributed by atoms with E-state index in [1.165, 1.54) is 6.07 Å². The Kier molecular flexibility index (Phi) is 5.47. The molecule has 0 unspecified atom stereocenters. The fraction of sp³-hybridized carbons (Fsp3) is 0.500. The molecule has 1 aliphatic rings. The lowest BCUT2D eigenvalue weighted by Gasteiger charge is -2.37. The predicted molar refractivity (Wildman–Crippen MR) is 88.2 cm³/mol. The molecule has 10 heteroatoms. The normalized spacial score (nSPS) is 15.3. The second kappa shape index (κ2) is 7.20. The summed E-state index contributed by atoms with van der Waals surface area (Å²) in [7, 11) is 0. The number of thiocarbonyl (C=S) groups is 1. The Morgan fingerprint density at radius 2 is 1.96 bits per heavy atom. The number of piperazine rings is 1. The molecule has 0 aliphatic carbocycles. The second-order valence-corrected chi connectivity index (χ2v) is 5.65. The van der Waals surface area contributed by atoms with E-state index in [9.17, 15) is 23.3 Å². The molecule has 0 spiro atoms. The van der Waals surface area contributed by atoms with Gasteiger partial charge in [0, 0.05) is 38.8 Å². The molecule has 132 valence electrons. The van der Waals surface area contributed by atoms with E-state index in [0.29, 0.717) is 43.9 Å². The Bertz CT molecular complexity index is 631. The van der Waals surface area contributed by atoms with Crippen LogP contribution in [0, 0.1) is 10.1 Å². The number of benzene rings is 1. The van der Waals surface area contributed by atoms with Crippen molar-refractivity contribution in [3.8, 4) is 0 Å². The van der Waals surface area contributed by atoms with Crippen LogP contribution in [0.15, 0.2) is 18.2 Å². The van der Waals surface area contributed by atoms with Crippen LogP contribution in [0.4, 0.5) is 24.5 Å². The van der Waals surface area contributed by atoms with Gasteiger partial charge in [-0.15, -0.1) is 0 Å². The Morgan fingerprint density at radius 1 is 1.33 bits per heavy atom. The van der Waals surface area contributed by atoms with Crippen molar-refractivity contribution >= 4 is 28.7 Å². The SMILES string of the molecule is CCNC(=S)N1CCN(c2ccc(C(F)(F)F)cc2[N+](=O)[O-])CC1. The zero-order valence-electron chi connectivity index (χ0n) is 13.0. The Labute approximate surface area is 142 Å². The molecule has 0 saturated carbocycles. The Balaban J connectivity index is 2.18. The average Bonchev–Trinajstić information content (AvgIpc) is 2.53. The van der Waals surface area contributed by atoms with Gasteiger partial charge in [-0.2, -0.15) is 13.2 Å². The lowest BCUT2D eigenvalue weighted by Crippen LogP contribution is -2.51. The third kappa shape index (κ3) is 4.05. The summed E-state index contributed by atoms with van der Waals surface area (Å²) in [6.07, 6.45) is -4.61. The zero-order valence-corrected chi connectivity index (χ0v) is 13.8. The Morgan fingerprint density at radius 3 is 2.46 bits per heavy atom. The summed E-state index contributed by atoms with van der Waals surface area (Å²) in [5, 5.41) is 14.8. The van der Waals surface area contributed by atoms with E-state index in [1.807, 2.05) is 11.8 Å². The fourth-order valence-corrected chi connectivity index (χ4v) is 2.85. The maximum atomic E-state index is 12.8. The first-order valence-electron chi connectivity index (χ1n) is 7.37. The van der Waals surface area contributed by atoms with Crippen LogP contribution in [-0.4, -0.2) is 47.7 Å². The van der Waals surface area contributed by atoms with E-state index in [2.05, 4.69) is 5.32 Å². The third-order valence-corrected chi connectivity index (χ3v) is 4.14. The number of nitrogens with one attached hydrogen (secondary N) is 1. The Hall–Kier alpha value is -2.10. The van der Waals surface area contributed by atoms with Crippen molar-refractivity contribution < 1.29 is 18.1 Å². The maximum absolute atomic E-state index is 12.8. The summed E-state index contributed by atoms with van der Waals surface area (Å²) in [4.78, 5) is 14.0. The van der Waals surface area contributed by atoms with E-state index < -0.39 is 22.4 Å². The first kappa shape index (κ1) is 18.2. The maximum Gasteiger partial charge on any atom is 0.416 e. The third-order valence-electron chi connectivity index (χ3n) is 3.74. The van der Waals surface area contributed by atoms with Gasteiger partial charge in [0.05, 0.1) is 10.5 Å². The van der Waals surface area contributed by atoms with Crippen LogP contribution in [-0.2, 0) is 6.18 Å². The summed E-state index contributed by atoms with van der Waals surface area (Å²) in [6, 6.07) is 2.63. The monoisotopic (exact) mass is 362 g/mol. The van der Waals surface area contributed by atoms with Crippen molar-refractivity contribution in [3.63, 3.8) is 0 Å². The molecule has 1 aromatic carbocycles. The first-order valence-corrected chi connectivity index (χ1v) is 7.78. The predicted octanol–water partition coefficient (Wildman–Crippen LogP) is 2.63. The lowest BCUT2D eigenvalue weighted by molar-refractivity contribution is -0.384. The molecule has 0 atom stereocenters. The van der Waals surface area contributed by atoms with E-state index in [1.54, 1.807) is 4.90 Å². The summed E-state index contributed by atoms with van der Waals surface area (Å²) in [6.45, 7) is 4.60. The van der Waals surface area contributed by atoms with Crippen molar-refractivity contribution in [1.82, 2.24) is 10.2 Å². The second-order valence-electron chi connectivity index (χ2n) is 5.27. The zero-order chi connectivity index (χ0) is 17.9. The molecule has 1 N–H and O–H groups in total. The van der Waals surface area contributed by atoms with Crippen LogP contribution < -0.4 is 10.2 Å². The smallest absolute Gasteiger partial charge is 0.363 e. The van der Waals surface area contributed by atoms with Crippen LogP contribution in [0.3, 0.4) is 0 Å². The van der Waals surface area contributed by atoms with Crippen molar-refractivity contribution in [1.29, 1.82) is 0 Å². The van der Waals surface area contributed by atoms with Crippen molar-refractivity contribution in [2.75, 3.05) is 37.6 Å². The van der Waals surface area contributed by atoms with E-state index in [0.717, 1.165) is 6.07 Å². The van der Waals surface area contributed by atoms with Gasteiger partial charge in [0.25, 0.3) is 5.69 Å². The summed E-state index contributed by atoms with van der Waals surface area (Å²) >= 11 is 5.22. The minimum absolute atomic E-state index is 0.196. The van der Waals surface area contributed by atoms with E-state index in [-0.39, 0.29) is 5.69 Å².